The Morgan fingerprint density at radius 3 is 2.18 bits per heavy atom. The smallest absolute Gasteiger partial charge is 0.264 e. The minimum absolute atomic E-state index is 0.0153. The number of carbonyl (C=O) groups excluding carboxylic acids is 1. The second-order valence-electron chi connectivity index (χ2n) is 8.12. The number of amides is 1. The van der Waals surface area contributed by atoms with Crippen LogP contribution in [0.15, 0.2) is 53.4 Å². The van der Waals surface area contributed by atoms with Gasteiger partial charge in [-0.05, 0) is 48.5 Å². The second-order valence-corrected chi connectivity index (χ2v) is 9.81. The van der Waals surface area contributed by atoms with Crippen LogP contribution in [0.2, 0.25) is 0 Å². The van der Waals surface area contributed by atoms with Crippen LogP contribution in [0.5, 0.6) is 11.5 Å². The largest absolute Gasteiger partial charge is 0.457 e. The van der Waals surface area contributed by atoms with Crippen molar-refractivity contribution in [3.63, 3.8) is 0 Å². The van der Waals surface area contributed by atoms with Crippen LogP contribution in [0, 0.1) is 5.82 Å². The molecule has 4 rings (SSSR count). The number of benzene rings is 2. The summed E-state index contributed by atoms with van der Waals surface area (Å²) in [6.07, 6.45) is -1.07. The molecule has 1 aliphatic carbocycles. The van der Waals surface area contributed by atoms with Crippen LogP contribution < -0.4 is 14.9 Å². The molecule has 1 saturated carbocycles. The first-order valence-electron chi connectivity index (χ1n) is 10.6. The monoisotopic (exact) mass is 496 g/mol. The third-order valence-electron chi connectivity index (χ3n) is 5.77. The van der Waals surface area contributed by atoms with Crippen molar-refractivity contribution in [1.82, 2.24) is 10.2 Å². The molecular weight excluding hydrogens is 471 g/mol. The summed E-state index contributed by atoms with van der Waals surface area (Å²) in [6.45, 7) is 0.430. The lowest BCUT2D eigenvalue weighted by Crippen LogP contribution is -2.57. The predicted molar refractivity (Wildman–Crippen MR) is 115 cm³/mol. The van der Waals surface area contributed by atoms with Gasteiger partial charge in [0.1, 0.15) is 22.9 Å². The highest BCUT2D eigenvalue weighted by Crippen LogP contribution is 2.41. The minimum Gasteiger partial charge on any atom is -0.457 e. The number of rotatable bonds is 9. The Bertz CT molecular complexity index is 1100. The zero-order valence-corrected chi connectivity index (χ0v) is 19.1. The first-order chi connectivity index (χ1) is 16.2. The lowest BCUT2D eigenvalue weighted by molar-refractivity contribution is -0.139. The normalized spacial score (nSPS) is 26.3. The van der Waals surface area contributed by atoms with Crippen molar-refractivity contribution in [2.75, 3.05) is 13.7 Å². The topological polar surface area (TPSA) is 132 Å². The van der Waals surface area contributed by atoms with E-state index in [-0.39, 0.29) is 17.7 Å². The Hall–Kier alpha value is -2.61. The van der Waals surface area contributed by atoms with Gasteiger partial charge in [0, 0.05) is 26.4 Å². The van der Waals surface area contributed by atoms with E-state index in [0.717, 1.165) is 0 Å². The number of hydroxylamine groups is 1. The number of halogens is 1. The third-order valence-corrected chi connectivity index (χ3v) is 7.33. The van der Waals surface area contributed by atoms with Gasteiger partial charge < -0.3 is 18.9 Å². The molecular formula is C22H25FN2O8S. The fourth-order valence-corrected chi connectivity index (χ4v) is 5.53. The quantitative estimate of drug-likeness (QED) is 0.355. The molecule has 2 fully saturated rings. The average Bonchev–Trinajstić information content (AvgIpc) is 3.34. The van der Waals surface area contributed by atoms with Gasteiger partial charge >= 0.3 is 0 Å². The summed E-state index contributed by atoms with van der Waals surface area (Å²) < 4.78 is 63.8. The maximum Gasteiger partial charge on any atom is 0.264 e. The molecule has 2 unspecified atom stereocenters. The van der Waals surface area contributed by atoms with Crippen molar-refractivity contribution in [3.8, 4) is 11.5 Å². The lowest BCUT2D eigenvalue weighted by atomic mass is 9.98. The first kappa shape index (κ1) is 24.5. The minimum atomic E-state index is -4.17. The van der Waals surface area contributed by atoms with Gasteiger partial charge in [-0.15, -0.1) is 0 Å². The van der Waals surface area contributed by atoms with E-state index in [9.17, 15) is 22.8 Å². The average molecular weight is 497 g/mol. The number of ether oxygens (including phenoxy) is 4. The van der Waals surface area contributed by atoms with E-state index in [1.54, 1.807) is 12.6 Å². The number of nitrogens with one attached hydrogen (secondary N) is 2. The molecule has 1 amide bonds. The third kappa shape index (κ3) is 5.22. The summed E-state index contributed by atoms with van der Waals surface area (Å²) in [6, 6.07) is 10.9. The lowest BCUT2D eigenvalue weighted by Gasteiger charge is -2.29. The Morgan fingerprint density at radius 1 is 1.09 bits per heavy atom. The van der Waals surface area contributed by atoms with Crippen LogP contribution in [0.4, 0.5) is 4.39 Å². The van der Waals surface area contributed by atoms with Crippen molar-refractivity contribution in [3.05, 3.63) is 54.3 Å². The molecule has 2 aromatic carbocycles. The van der Waals surface area contributed by atoms with Gasteiger partial charge in [0.2, 0.25) is 10.0 Å². The fraction of sp³-hybridized carbons (Fsp3) is 0.409. The van der Waals surface area contributed by atoms with Gasteiger partial charge in [-0.3, -0.25) is 10.0 Å². The maximum absolute atomic E-state index is 13.1. The molecule has 34 heavy (non-hydrogen) atoms. The van der Waals surface area contributed by atoms with E-state index < -0.39 is 45.8 Å². The summed E-state index contributed by atoms with van der Waals surface area (Å²) in [7, 11) is -2.61. The van der Waals surface area contributed by atoms with Gasteiger partial charge in [-0.25, -0.2) is 18.3 Å². The van der Waals surface area contributed by atoms with Crippen LogP contribution in [0.25, 0.3) is 0 Å². The van der Waals surface area contributed by atoms with Crippen LogP contribution in [-0.2, 0) is 29.0 Å². The molecule has 3 N–H and O–H groups in total. The van der Waals surface area contributed by atoms with Gasteiger partial charge in [0.05, 0.1) is 23.7 Å². The molecule has 0 aromatic heterocycles. The SMILES string of the molecule is COCCC1OC2CC(NS(=O)(=O)c3ccc(Oc4ccc(F)cc4)cc3)(C(=O)NO)CC2O1. The number of hydrogen-bond donors (Lipinski definition) is 3. The Kier molecular flexibility index (Phi) is 7.17. The van der Waals surface area contributed by atoms with Gasteiger partial charge in [-0.1, -0.05) is 0 Å². The van der Waals surface area contributed by atoms with Gasteiger partial charge in [0.15, 0.2) is 6.29 Å². The number of carbonyl (C=O) groups is 1. The van der Waals surface area contributed by atoms with Crippen molar-refractivity contribution in [2.24, 2.45) is 0 Å². The molecule has 2 aromatic rings. The molecule has 1 saturated heterocycles. The zero-order chi connectivity index (χ0) is 24.3. The standard InChI is InChI=1S/C22H25FN2O8S/c1-30-11-10-20-32-18-12-22(21(26)24-27,13-19(18)33-20)25-34(28,29)17-8-6-16(7-9-17)31-15-4-2-14(23)3-5-15/h2-9,18-20,25,27H,10-13H2,1H3,(H,24,26). The van der Waals surface area contributed by atoms with Crippen LogP contribution in [-0.4, -0.2) is 57.3 Å². The van der Waals surface area contributed by atoms with E-state index in [1.165, 1.54) is 48.5 Å². The van der Waals surface area contributed by atoms with E-state index in [2.05, 4.69) is 4.72 Å². The summed E-state index contributed by atoms with van der Waals surface area (Å²) in [5.41, 5.74) is -0.101. The van der Waals surface area contributed by atoms with E-state index in [0.29, 0.717) is 24.5 Å². The van der Waals surface area contributed by atoms with Crippen LogP contribution in [0.1, 0.15) is 19.3 Å². The van der Waals surface area contributed by atoms with Crippen molar-refractivity contribution in [2.45, 2.75) is 48.2 Å². The van der Waals surface area contributed by atoms with E-state index >= 15 is 0 Å². The summed E-state index contributed by atoms with van der Waals surface area (Å²) in [4.78, 5) is 12.4. The summed E-state index contributed by atoms with van der Waals surface area (Å²) in [5.74, 6) is -0.580. The molecule has 2 aliphatic rings. The Balaban J connectivity index is 1.47. The van der Waals surface area contributed by atoms with Crippen molar-refractivity contribution in [1.29, 1.82) is 0 Å². The number of sulfonamides is 1. The molecule has 2 atom stereocenters. The maximum atomic E-state index is 13.1. The molecule has 0 spiro atoms. The van der Waals surface area contributed by atoms with E-state index in [1.807, 2.05) is 0 Å². The highest BCUT2D eigenvalue weighted by molar-refractivity contribution is 7.89. The molecule has 1 aliphatic heterocycles. The van der Waals surface area contributed by atoms with Crippen LogP contribution >= 0.6 is 0 Å². The number of hydrogen-bond acceptors (Lipinski definition) is 8. The van der Waals surface area contributed by atoms with Crippen LogP contribution in [0.3, 0.4) is 0 Å². The summed E-state index contributed by atoms with van der Waals surface area (Å²) >= 11 is 0. The second kappa shape index (κ2) is 9.94. The highest BCUT2D eigenvalue weighted by atomic mass is 32.2. The Labute approximate surface area is 196 Å². The zero-order valence-electron chi connectivity index (χ0n) is 18.3. The molecule has 1 heterocycles. The highest BCUT2D eigenvalue weighted by Gasteiger charge is 2.57. The van der Waals surface area contributed by atoms with E-state index in [4.69, 9.17) is 18.9 Å². The molecule has 12 heteroatoms. The Morgan fingerprint density at radius 2 is 1.65 bits per heavy atom. The number of fused-ring (bicyclic) bond motifs is 1. The molecule has 10 nitrogen and oxygen atoms in total. The molecule has 184 valence electrons. The molecule has 0 radical (unpaired) electrons. The predicted octanol–water partition coefficient (Wildman–Crippen LogP) is 2.08. The first-order valence-corrected chi connectivity index (χ1v) is 12.0. The number of methoxy groups -OCH3 is 1. The van der Waals surface area contributed by atoms with Gasteiger partial charge in [-0.2, -0.15) is 4.72 Å². The van der Waals surface area contributed by atoms with Crippen molar-refractivity contribution < 1.29 is 41.8 Å². The van der Waals surface area contributed by atoms with Crippen molar-refractivity contribution >= 4 is 15.9 Å². The fourth-order valence-electron chi connectivity index (χ4n) is 4.14. The summed E-state index contributed by atoms with van der Waals surface area (Å²) in [5, 5.41) is 9.28. The molecule has 0 bridgehead atoms. The van der Waals surface area contributed by atoms with Gasteiger partial charge in [0.25, 0.3) is 5.91 Å².